The van der Waals surface area contributed by atoms with Crippen molar-refractivity contribution in [1.82, 2.24) is 45.9 Å². The molecule has 0 fully saturated rings. The number of carbonyl (C=O) groups is 1. The number of carbonyl (C=O) groups excluding carboxylic acids is 1. The van der Waals surface area contributed by atoms with E-state index in [1.807, 2.05) is 32.9 Å². The summed E-state index contributed by atoms with van der Waals surface area (Å²) in [4.78, 5) is 34.3. The summed E-state index contributed by atoms with van der Waals surface area (Å²) in [5.41, 5.74) is 3.06. The fourth-order valence-corrected chi connectivity index (χ4v) is 7.60. The first-order chi connectivity index (χ1) is 29.9. The molecule has 0 radical (unpaired) electrons. The summed E-state index contributed by atoms with van der Waals surface area (Å²) in [7, 11) is 0. The molecule has 0 atom stereocenters. The lowest BCUT2D eigenvalue weighted by atomic mass is 9.84. The number of phenolic OH excluding ortho intramolecular Hbond substituents is 1. The first-order valence-corrected chi connectivity index (χ1v) is 24.0. The predicted molar refractivity (Wildman–Crippen MR) is 262 cm³/mol. The number of hydrogen-bond donors (Lipinski definition) is 5. The summed E-state index contributed by atoms with van der Waals surface area (Å²) in [6, 6.07) is 10.6. The number of benzene rings is 2. The first kappa shape index (κ1) is 51.4. The summed E-state index contributed by atoms with van der Waals surface area (Å²) >= 11 is 6.21. The van der Waals surface area contributed by atoms with E-state index in [-0.39, 0.29) is 35.6 Å². The fraction of sp³-hybridized carbons (Fsp3) is 0.667. The van der Waals surface area contributed by atoms with E-state index < -0.39 is 0 Å². The Hall–Kier alpha value is -4.27. The van der Waals surface area contributed by atoms with E-state index >= 15 is 0 Å². The van der Waals surface area contributed by atoms with Crippen molar-refractivity contribution < 1.29 is 9.90 Å². The van der Waals surface area contributed by atoms with Crippen LogP contribution in [0.25, 0.3) is 16.7 Å². The van der Waals surface area contributed by atoms with E-state index in [4.69, 9.17) is 26.6 Å². The van der Waals surface area contributed by atoms with Crippen molar-refractivity contribution in [3.63, 3.8) is 0 Å². The molecule has 4 rings (SSSR count). The second-order valence-electron chi connectivity index (χ2n) is 19.0. The van der Waals surface area contributed by atoms with Crippen LogP contribution in [0.3, 0.4) is 0 Å². The third kappa shape index (κ3) is 17.0. The minimum Gasteiger partial charge on any atom is -0.505 e. The highest BCUT2D eigenvalue weighted by atomic mass is 35.5. The maximum absolute atomic E-state index is 13.3. The number of hydrogen-bond acceptors (Lipinski definition) is 12. The number of halogens is 1. The largest absolute Gasteiger partial charge is 0.505 e. The molecule has 2 heterocycles. The van der Waals surface area contributed by atoms with Crippen LogP contribution in [0, 0.1) is 0 Å². The molecule has 0 saturated carbocycles. The number of phenols is 1. The topological polar surface area (TPSA) is 161 Å². The number of rotatable bonds is 28. The van der Waals surface area contributed by atoms with Gasteiger partial charge < -0.3 is 36.2 Å². The Morgan fingerprint density at radius 3 is 1.81 bits per heavy atom. The van der Waals surface area contributed by atoms with Crippen molar-refractivity contribution in [3.05, 3.63) is 46.5 Å². The van der Waals surface area contributed by atoms with Crippen LogP contribution >= 0.6 is 11.6 Å². The maximum Gasteiger partial charge on any atom is 0.232 e. The normalized spacial score (nSPS) is 12.1. The van der Waals surface area contributed by atoms with Gasteiger partial charge in [0.1, 0.15) is 22.5 Å². The monoisotopic (exact) mass is 891 g/mol. The number of nitrogens with zero attached hydrogens (tertiary/aromatic N) is 8. The van der Waals surface area contributed by atoms with E-state index in [0.29, 0.717) is 71.2 Å². The Morgan fingerprint density at radius 1 is 0.714 bits per heavy atom. The number of anilines is 3. The Labute approximate surface area is 383 Å². The summed E-state index contributed by atoms with van der Waals surface area (Å²) in [6.45, 7) is 28.4. The summed E-state index contributed by atoms with van der Waals surface area (Å²) in [6.07, 6.45) is 9.88. The minimum atomic E-state index is -0.360. The van der Waals surface area contributed by atoms with E-state index in [9.17, 15) is 9.90 Å². The van der Waals surface area contributed by atoms with Crippen LogP contribution in [-0.2, 0) is 16.6 Å². The van der Waals surface area contributed by atoms with Gasteiger partial charge in [-0.15, -0.1) is 15.0 Å². The molecular formula is C48H79ClN12O2. The van der Waals surface area contributed by atoms with Crippen LogP contribution in [0.4, 0.5) is 17.8 Å². The van der Waals surface area contributed by atoms with Gasteiger partial charge in [0.05, 0.1) is 0 Å². The van der Waals surface area contributed by atoms with Gasteiger partial charge in [0.25, 0.3) is 0 Å². The van der Waals surface area contributed by atoms with Gasteiger partial charge in [-0.2, -0.15) is 15.0 Å². The van der Waals surface area contributed by atoms with Crippen LogP contribution < -0.4 is 31.1 Å². The second kappa shape index (κ2) is 25.3. The fourth-order valence-electron chi connectivity index (χ4n) is 7.43. The lowest BCUT2D eigenvalue weighted by Gasteiger charge is -2.30. The molecule has 0 aliphatic rings. The number of unbranched alkanes of at least 4 members (excludes halogenated alkanes) is 6. The molecule has 5 N–H and O–H groups in total. The van der Waals surface area contributed by atoms with Gasteiger partial charge in [-0.05, 0) is 108 Å². The van der Waals surface area contributed by atoms with Gasteiger partial charge in [-0.3, -0.25) is 4.79 Å². The van der Waals surface area contributed by atoms with Crippen molar-refractivity contribution in [2.45, 2.75) is 170 Å². The molecule has 0 aliphatic heterocycles. The number of fused-ring (bicyclic) bond motifs is 1. The van der Waals surface area contributed by atoms with Gasteiger partial charge in [0.15, 0.2) is 0 Å². The maximum atomic E-state index is 13.3. The molecule has 14 nitrogen and oxygen atoms in total. The molecule has 0 spiro atoms. The zero-order chi connectivity index (χ0) is 46.1. The van der Waals surface area contributed by atoms with Crippen LogP contribution in [0.5, 0.6) is 5.75 Å². The van der Waals surface area contributed by atoms with Crippen molar-refractivity contribution in [1.29, 1.82) is 0 Å². The van der Waals surface area contributed by atoms with Crippen LogP contribution in [0.2, 0.25) is 5.02 Å². The average Bonchev–Trinajstić information content (AvgIpc) is 3.63. The highest BCUT2D eigenvalue weighted by Gasteiger charge is 2.24. The van der Waals surface area contributed by atoms with E-state index in [1.165, 1.54) is 30.5 Å². The number of nitrogens with one attached hydrogen (secondary N) is 4. The van der Waals surface area contributed by atoms with Crippen LogP contribution in [0.15, 0.2) is 30.3 Å². The van der Waals surface area contributed by atoms with Gasteiger partial charge in [0, 0.05) is 67.4 Å². The van der Waals surface area contributed by atoms with Gasteiger partial charge >= 0.3 is 0 Å². The number of aryl methyl sites for hydroxylation is 1. The molecule has 4 aromatic rings. The smallest absolute Gasteiger partial charge is 0.232 e. The Morgan fingerprint density at radius 2 is 1.27 bits per heavy atom. The van der Waals surface area contributed by atoms with E-state index in [0.717, 1.165) is 63.0 Å². The lowest BCUT2D eigenvalue weighted by molar-refractivity contribution is -0.120. The Balaban J connectivity index is 1.43. The van der Waals surface area contributed by atoms with Crippen molar-refractivity contribution in [2.75, 3.05) is 54.4 Å². The van der Waals surface area contributed by atoms with Crippen molar-refractivity contribution in [3.8, 4) is 11.4 Å². The van der Waals surface area contributed by atoms with Crippen LogP contribution in [0.1, 0.15) is 145 Å². The molecular weight excluding hydrogens is 812 g/mol. The van der Waals surface area contributed by atoms with Crippen LogP contribution in [-0.4, -0.2) is 104 Å². The third-order valence-electron chi connectivity index (χ3n) is 11.0. The summed E-state index contributed by atoms with van der Waals surface area (Å²) in [5, 5.41) is 34.7. The minimum absolute atomic E-state index is 0.0738. The first-order valence-electron chi connectivity index (χ1n) is 23.6. The summed E-state index contributed by atoms with van der Waals surface area (Å²) in [5.74, 6) is 1.90. The Kier molecular flexibility index (Phi) is 20.6. The molecule has 0 bridgehead atoms. The summed E-state index contributed by atoms with van der Waals surface area (Å²) < 4.78 is 0. The van der Waals surface area contributed by atoms with E-state index in [1.54, 1.807) is 18.2 Å². The van der Waals surface area contributed by atoms with E-state index in [2.05, 4.69) is 96.7 Å². The van der Waals surface area contributed by atoms with Gasteiger partial charge in [0.2, 0.25) is 23.8 Å². The van der Waals surface area contributed by atoms with Gasteiger partial charge in [-0.25, -0.2) is 0 Å². The van der Waals surface area contributed by atoms with Crippen molar-refractivity contribution >= 4 is 46.4 Å². The zero-order valence-corrected chi connectivity index (χ0v) is 41.1. The highest BCUT2D eigenvalue weighted by Crippen LogP contribution is 2.37. The molecule has 63 heavy (non-hydrogen) atoms. The molecule has 2 aromatic heterocycles. The highest BCUT2D eigenvalue weighted by molar-refractivity contribution is 6.31. The molecule has 0 unspecified atom stereocenters. The standard InChI is InChI=1S/C48H79ClN12O2/c1-33(2)50-24-16-12-14-18-28-59(35(5)6)46-54-45(55-47(56-46)60(36(7)8)29-19-15-13-17-25-51-34(3)4)53-27-26-52-43(62)23-20-37-30-39(48(9,10)11)44(63)42(31-37)61-57-40-22-21-38(49)32-41(40)58-61/h21-22,30-36,50-51,63H,12-20,23-29H2,1-11H3,(H,52,62)(H,53,54,55,56). The predicted octanol–water partition coefficient (Wildman–Crippen LogP) is 8.97. The molecule has 15 heteroatoms. The third-order valence-corrected chi connectivity index (χ3v) is 11.3. The lowest BCUT2D eigenvalue weighted by Crippen LogP contribution is -2.37. The Bertz CT molecular complexity index is 1940. The number of amides is 1. The molecule has 2 aromatic carbocycles. The SMILES string of the molecule is CC(C)NCCCCCCN(c1nc(NCCNC(=O)CCc2cc(-n3nc4ccc(Cl)cc4n3)c(O)c(C(C)(C)C)c2)nc(N(CCCCCCNC(C)C)C(C)C)n1)C(C)C. The molecule has 1 amide bonds. The number of aromatic hydroxyl groups is 1. The zero-order valence-electron chi connectivity index (χ0n) is 40.3. The van der Waals surface area contributed by atoms with Gasteiger partial charge in [-0.1, -0.05) is 91.8 Å². The molecule has 0 aliphatic carbocycles. The second-order valence-corrected chi connectivity index (χ2v) is 19.5. The van der Waals surface area contributed by atoms with Crippen molar-refractivity contribution in [2.24, 2.45) is 0 Å². The molecule has 350 valence electrons. The molecule has 0 saturated heterocycles. The quantitative estimate of drug-likeness (QED) is 0.0345. The number of aromatic nitrogens is 6. The average molecular weight is 892 g/mol.